The van der Waals surface area contributed by atoms with Crippen molar-refractivity contribution in [1.82, 2.24) is 10.2 Å². The molecule has 3 rings (SSSR count). The molecular weight excluding hydrogens is 438 g/mol. The predicted octanol–water partition coefficient (Wildman–Crippen LogP) is 6.56. The molecule has 0 saturated carbocycles. The third kappa shape index (κ3) is 6.15. The molecule has 6 heteroatoms. The van der Waals surface area contributed by atoms with Crippen LogP contribution in [-0.2, 0) is 6.54 Å². The fourth-order valence-electron chi connectivity index (χ4n) is 4.90. The Morgan fingerprint density at radius 1 is 1.12 bits per heavy atom. The van der Waals surface area contributed by atoms with Crippen LogP contribution < -0.4 is 15.4 Å². The number of para-hydroxylation sites is 1. The van der Waals surface area contributed by atoms with Crippen LogP contribution in [0.1, 0.15) is 58.6 Å². The number of piperidine rings is 1. The lowest BCUT2D eigenvalue weighted by Crippen LogP contribution is -2.63. The molecule has 1 fully saturated rings. The van der Waals surface area contributed by atoms with Crippen molar-refractivity contribution in [1.29, 1.82) is 0 Å². The molecule has 1 saturated heterocycles. The van der Waals surface area contributed by atoms with E-state index in [0.717, 1.165) is 40.4 Å². The van der Waals surface area contributed by atoms with Crippen LogP contribution in [0.5, 0.6) is 5.75 Å². The van der Waals surface area contributed by atoms with Crippen molar-refractivity contribution in [2.75, 3.05) is 11.9 Å². The number of ether oxygens (including phenoxy) is 1. The molecule has 1 heterocycles. The second kappa shape index (κ2) is 9.98. The van der Waals surface area contributed by atoms with Crippen molar-refractivity contribution in [2.45, 2.75) is 78.0 Å². The summed E-state index contributed by atoms with van der Waals surface area (Å²) in [6, 6.07) is 14.4. The Morgan fingerprint density at radius 3 is 2.44 bits per heavy atom. The largest absolute Gasteiger partial charge is 0.494 e. The minimum Gasteiger partial charge on any atom is -0.494 e. The zero-order chi connectivity index (χ0) is 23.5. The Morgan fingerprint density at radius 2 is 1.78 bits per heavy atom. The van der Waals surface area contributed by atoms with Gasteiger partial charge in [0.25, 0.3) is 0 Å². The van der Waals surface area contributed by atoms with E-state index in [9.17, 15) is 0 Å². The van der Waals surface area contributed by atoms with Gasteiger partial charge in [0.15, 0.2) is 5.11 Å². The van der Waals surface area contributed by atoms with Gasteiger partial charge in [0.05, 0.1) is 6.61 Å². The third-order valence-corrected chi connectivity index (χ3v) is 6.74. The van der Waals surface area contributed by atoms with Crippen molar-refractivity contribution in [3.05, 3.63) is 58.6 Å². The van der Waals surface area contributed by atoms with Gasteiger partial charge in [0.2, 0.25) is 0 Å². The maximum Gasteiger partial charge on any atom is 0.173 e. The molecular formula is C26H36ClN3OS. The van der Waals surface area contributed by atoms with E-state index in [1.54, 1.807) is 0 Å². The summed E-state index contributed by atoms with van der Waals surface area (Å²) in [7, 11) is 0. The summed E-state index contributed by atoms with van der Waals surface area (Å²) in [6.45, 7) is 14.4. The second-order valence-electron chi connectivity index (χ2n) is 9.97. The van der Waals surface area contributed by atoms with Crippen molar-refractivity contribution in [3.63, 3.8) is 0 Å². The molecule has 0 radical (unpaired) electrons. The molecule has 4 nitrogen and oxygen atoms in total. The molecule has 1 aliphatic rings. The van der Waals surface area contributed by atoms with E-state index in [2.05, 4.69) is 55.4 Å². The van der Waals surface area contributed by atoms with E-state index in [1.807, 2.05) is 44.2 Å². The minimum absolute atomic E-state index is 0.00564. The highest BCUT2D eigenvalue weighted by molar-refractivity contribution is 7.80. The number of anilines is 1. The molecule has 32 heavy (non-hydrogen) atoms. The van der Waals surface area contributed by atoms with Crippen LogP contribution in [0.2, 0.25) is 5.02 Å². The molecule has 0 bridgehead atoms. The van der Waals surface area contributed by atoms with E-state index in [4.69, 9.17) is 28.6 Å². The Balaban J connectivity index is 1.95. The van der Waals surface area contributed by atoms with Crippen molar-refractivity contribution >= 4 is 34.6 Å². The maximum atomic E-state index is 6.36. The molecule has 174 valence electrons. The molecule has 0 atom stereocenters. The van der Waals surface area contributed by atoms with Crippen LogP contribution in [0.25, 0.3) is 0 Å². The highest BCUT2D eigenvalue weighted by Gasteiger charge is 2.40. The van der Waals surface area contributed by atoms with Gasteiger partial charge in [-0.1, -0.05) is 35.9 Å². The zero-order valence-corrected chi connectivity index (χ0v) is 21.7. The molecule has 0 unspecified atom stereocenters. The van der Waals surface area contributed by atoms with Crippen LogP contribution in [0.4, 0.5) is 5.69 Å². The maximum absolute atomic E-state index is 6.36. The van der Waals surface area contributed by atoms with E-state index < -0.39 is 0 Å². The number of thiocarbonyl (C=S) groups is 1. The van der Waals surface area contributed by atoms with E-state index in [-0.39, 0.29) is 17.1 Å². The normalized spacial score (nSPS) is 17.6. The topological polar surface area (TPSA) is 36.5 Å². The minimum atomic E-state index is 0.00564. The Labute approximate surface area is 203 Å². The van der Waals surface area contributed by atoms with Gasteiger partial charge in [0.1, 0.15) is 5.75 Å². The number of hydrogen-bond acceptors (Lipinski definition) is 3. The SMILES string of the molecule is CCOc1ccccc1CN(C(=S)Nc1cccc(Cl)c1C)C1CC(C)(C)NC(C)(C)C1. The van der Waals surface area contributed by atoms with Gasteiger partial charge >= 0.3 is 0 Å². The number of benzene rings is 2. The number of rotatable bonds is 6. The van der Waals surface area contributed by atoms with Gasteiger partial charge in [-0.25, -0.2) is 0 Å². The fourth-order valence-corrected chi connectivity index (χ4v) is 5.40. The van der Waals surface area contributed by atoms with Crippen LogP contribution in [0, 0.1) is 6.92 Å². The molecule has 1 aliphatic heterocycles. The van der Waals surface area contributed by atoms with E-state index in [0.29, 0.717) is 18.3 Å². The quantitative estimate of drug-likeness (QED) is 0.465. The predicted molar refractivity (Wildman–Crippen MR) is 140 cm³/mol. The summed E-state index contributed by atoms with van der Waals surface area (Å²) in [5.41, 5.74) is 3.09. The summed E-state index contributed by atoms with van der Waals surface area (Å²) in [5.74, 6) is 0.911. The van der Waals surface area contributed by atoms with E-state index >= 15 is 0 Å². The molecule has 2 aromatic rings. The van der Waals surface area contributed by atoms with Crippen molar-refractivity contribution in [2.24, 2.45) is 0 Å². The van der Waals surface area contributed by atoms with Crippen LogP contribution in [0.3, 0.4) is 0 Å². The smallest absolute Gasteiger partial charge is 0.173 e. The monoisotopic (exact) mass is 473 g/mol. The first-order valence-corrected chi connectivity index (χ1v) is 12.1. The van der Waals surface area contributed by atoms with Gasteiger partial charge < -0.3 is 20.3 Å². The number of nitrogens with zero attached hydrogens (tertiary/aromatic N) is 1. The summed E-state index contributed by atoms with van der Waals surface area (Å²) < 4.78 is 5.92. The lowest BCUT2D eigenvalue weighted by molar-refractivity contribution is 0.101. The highest BCUT2D eigenvalue weighted by atomic mass is 35.5. The van der Waals surface area contributed by atoms with Gasteiger partial charge in [-0.2, -0.15) is 0 Å². The van der Waals surface area contributed by atoms with Gasteiger partial charge in [-0.3, -0.25) is 0 Å². The third-order valence-electron chi connectivity index (χ3n) is 5.99. The average molecular weight is 474 g/mol. The van der Waals surface area contributed by atoms with Crippen molar-refractivity contribution < 1.29 is 4.74 Å². The summed E-state index contributed by atoms with van der Waals surface area (Å²) >= 11 is 12.4. The van der Waals surface area contributed by atoms with Gasteiger partial charge in [-0.05, 0) is 90.4 Å². The molecule has 2 N–H and O–H groups in total. The lowest BCUT2D eigenvalue weighted by atomic mass is 9.79. The zero-order valence-electron chi connectivity index (χ0n) is 20.1. The molecule has 0 aromatic heterocycles. The Kier molecular flexibility index (Phi) is 7.74. The van der Waals surface area contributed by atoms with Gasteiger partial charge in [-0.15, -0.1) is 0 Å². The number of hydrogen-bond donors (Lipinski definition) is 2. The van der Waals surface area contributed by atoms with E-state index in [1.165, 1.54) is 0 Å². The highest BCUT2D eigenvalue weighted by Crippen LogP contribution is 2.34. The second-order valence-corrected chi connectivity index (χ2v) is 10.8. The molecule has 0 amide bonds. The standard InChI is InChI=1S/C26H36ClN3OS/c1-7-31-23-14-9-8-11-19(23)17-30(20-15-25(3,4)29-26(5,6)16-20)24(32)28-22-13-10-12-21(27)18(22)2/h8-14,20,29H,7,15-17H2,1-6H3,(H,28,32). The van der Waals surface area contributed by atoms with Crippen molar-refractivity contribution in [3.8, 4) is 5.75 Å². The summed E-state index contributed by atoms with van der Waals surface area (Å²) in [5, 5.41) is 8.71. The average Bonchev–Trinajstić information content (AvgIpc) is 2.68. The Bertz CT molecular complexity index is 944. The van der Waals surface area contributed by atoms with Crippen LogP contribution in [-0.4, -0.2) is 33.7 Å². The molecule has 0 spiro atoms. The summed E-state index contributed by atoms with van der Waals surface area (Å²) in [4.78, 5) is 2.33. The first kappa shape index (κ1) is 24.8. The number of nitrogens with one attached hydrogen (secondary N) is 2. The molecule has 0 aliphatic carbocycles. The van der Waals surface area contributed by atoms with Gasteiger partial charge in [0, 0.05) is 39.9 Å². The number of halogens is 1. The van der Waals surface area contributed by atoms with Crippen LogP contribution >= 0.6 is 23.8 Å². The lowest BCUT2D eigenvalue weighted by Gasteiger charge is -2.50. The first-order valence-electron chi connectivity index (χ1n) is 11.3. The molecule has 2 aromatic carbocycles. The fraction of sp³-hybridized carbons (Fsp3) is 0.500. The first-order chi connectivity index (χ1) is 15.0. The summed E-state index contributed by atoms with van der Waals surface area (Å²) in [6.07, 6.45) is 1.98. The van der Waals surface area contributed by atoms with Crippen LogP contribution in [0.15, 0.2) is 42.5 Å². The Hall–Kier alpha value is -1.82.